The maximum atomic E-state index is 6.10. The smallest absolute Gasteiger partial charge is 0.226 e. The van der Waals surface area contributed by atoms with Crippen molar-refractivity contribution in [1.29, 1.82) is 0 Å². The molecule has 1 rings (SSSR count). The number of hydrogen-bond acceptors (Lipinski definition) is 4. The van der Waals surface area contributed by atoms with Crippen LogP contribution in [0, 0.1) is 12.3 Å². The van der Waals surface area contributed by atoms with Crippen LogP contribution in [0.1, 0.15) is 39.3 Å². The van der Waals surface area contributed by atoms with Crippen molar-refractivity contribution in [3.8, 4) is 5.88 Å². The summed E-state index contributed by atoms with van der Waals surface area (Å²) in [4.78, 5) is 8.72. The molecule has 0 aromatic carbocycles. The molecule has 1 aromatic rings. The van der Waals surface area contributed by atoms with Crippen LogP contribution in [0.5, 0.6) is 5.88 Å². The molecule has 0 amide bonds. The number of rotatable bonds is 8. The minimum Gasteiger partial charge on any atom is -0.478 e. The number of anilines is 1. The highest BCUT2D eigenvalue weighted by Gasteiger charge is 2.25. The molecule has 0 unspecified atom stereocenters. The maximum Gasteiger partial charge on any atom is 0.226 e. The third-order valence-corrected chi connectivity index (χ3v) is 4.09. The van der Waals surface area contributed by atoms with E-state index in [1.165, 1.54) is 0 Å². The Bertz CT molecular complexity index is 386. The van der Waals surface area contributed by atoms with E-state index in [9.17, 15) is 0 Å². The van der Waals surface area contributed by atoms with Crippen LogP contribution in [0.2, 0.25) is 0 Å². The van der Waals surface area contributed by atoms with Crippen molar-refractivity contribution in [3.63, 3.8) is 0 Å². The van der Waals surface area contributed by atoms with E-state index in [0.717, 1.165) is 25.1 Å². The van der Waals surface area contributed by atoms with Crippen LogP contribution < -0.4 is 10.1 Å². The first-order valence-electron chi connectivity index (χ1n) is 6.87. The van der Waals surface area contributed by atoms with Crippen molar-refractivity contribution in [3.05, 3.63) is 11.8 Å². The second-order valence-corrected chi connectivity index (χ2v) is 5.07. The molecule has 1 N–H and O–H groups in total. The van der Waals surface area contributed by atoms with Gasteiger partial charge in [0.25, 0.3) is 0 Å². The van der Waals surface area contributed by atoms with E-state index in [4.69, 9.17) is 16.3 Å². The molecule has 19 heavy (non-hydrogen) atoms. The largest absolute Gasteiger partial charge is 0.478 e. The van der Waals surface area contributed by atoms with Crippen molar-refractivity contribution >= 4 is 17.5 Å². The second-order valence-electron chi connectivity index (χ2n) is 4.80. The molecule has 0 aliphatic heterocycles. The average Bonchev–Trinajstić information content (AvgIpc) is 2.41. The van der Waals surface area contributed by atoms with Gasteiger partial charge in [0, 0.05) is 29.6 Å². The van der Waals surface area contributed by atoms with Crippen molar-refractivity contribution in [2.75, 3.05) is 24.3 Å². The fourth-order valence-electron chi connectivity index (χ4n) is 1.84. The summed E-state index contributed by atoms with van der Waals surface area (Å²) in [7, 11) is 0. The molecule has 5 heteroatoms. The second kappa shape index (κ2) is 7.53. The van der Waals surface area contributed by atoms with E-state index >= 15 is 0 Å². The summed E-state index contributed by atoms with van der Waals surface area (Å²) >= 11 is 6.10. The van der Waals surface area contributed by atoms with E-state index in [1.807, 2.05) is 19.9 Å². The zero-order chi connectivity index (χ0) is 14.3. The quantitative estimate of drug-likeness (QED) is 0.741. The Hall–Kier alpha value is -1.03. The fraction of sp³-hybridized carbons (Fsp3) is 0.714. The number of nitrogens with zero attached hydrogens (tertiary/aromatic N) is 2. The predicted molar refractivity (Wildman–Crippen MR) is 80.2 cm³/mol. The Morgan fingerprint density at radius 1 is 1.26 bits per heavy atom. The third kappa shape index (κ3) is 4.53. The van der Waals surface area contributed by atoms with Crippen LogP contribution in [0.3, 0.4) is 0 Å². The Morgan fingerprint density at radius 3 is 2.47 bits per heavy atom. The van der Waals surface area contributed by atoms with Crippen LogP contribution in [0.4, 0.5) is 5.95 Å². The molecule has 4 nitrogen and oxygen atoms in total. The van der Waals surface area contributed by atoms with Gasteiger partial charge in [0.05, 0.1) is 6.61 Å². The lowest BCUT2D eigenvalue weighted by Gasteiger charge is -2.29. The molecule has 0 atom stereocenters. The number of aromatic nitrogens is 2. The van der Waals surface area contributed by atoms with Gasteiger partial charge in [-0.15, -0.1) is 11.6 Å². The highest BCUT2D eigenvalue weighted by atomic mass is 35.5. The van der Waals surface area contributed by atoms with Crippen LogP contribution in [-0.2, 0) is 0 Å². The molecule has 108 valence electrons. The lowest BCUT2D eigenvalue weighted by atomic mass is 9.84. The molecule has 0 fully saturated rings. The van der Waals surface area contributed by atoms with Crippen LogP contribution in [0.25, 0.3) is 0 Å². The average molecular weight is 286 g/mol. The molecular formula is C14H24ClN3O. The summed E-state index contributed by atoms with van der Waals surface area (Å²) < 4.78 is 5.42. The molecule has 0 bridgehead atoms. The molecule has 0 saturated carbocycles. The van der Waals surface area contributed by atoms with E-state index in [2.05, 4.69) is 29.1 Å². The molecular weight excluding hydrogens is 262 g/mol. The van der Waals surface area contributed by atoms with Crippen molar-refractivity contribution in [1.82, 2.24) is 9.97 Å². The van der Waals surface area contributed by atoms with Crippen LogP contribution in [-0.4, -0.2) is 29.0 Å². The zero-order valence-corrected chi connectivity index (χ0v) is 13.0. The number of halogens is 1. The molecule has 0 aliphatic carbocycles. The van der Waals surface area contributed by atoms with Gasteiger partial charge in [0.1, 0.15) is 0 Å². The van der Waals surface area contributed by atoms with Gasteiger partial charge in [-0.25, -0.2) is 4.98 Å². The van der Waals surface area contributed by atoms with Gasteiger partial charge < -0.3 is 10.1 Å². The first-order valence-corrected chi connectivity index (χ1v) is 7.41. The lowest BCUT2D eigenvalue weighted by molar-refractivity contribution is 0.321. The molecule has 0 radical (unpaired) electrons. The van der Waals surface area contributed by atoms with Gasteiger partial charge in [0.15, 0.2) is 0 Å². The first kappa shape index (κ1) is 16.0. The fourth-order valence-corrected chi connectivity index (χ4v) is 2.32. The maximum absolute atomic E-state index is 6.10. The van der Waals surface area contributed by atoms with Crippen molar-refractivity contribution in [2.24, 2.45) is 5.41 Å². The summed E-state index contributed by atoms with van der Waals surface area (Å²) in [5.74, 6) is 1.86. The monoisotopic (exact) mass is 285 g/mol. The number of nitrogens with one attached hydrogen (secondary N) is 1. The predicted octanol–water partition coefficient (Wildman–Crippen LogP) is 3.64. The minimum absolute atomic E-state index is 0.0977. The van der Waals surface area contributed by atoms with Gasteiger partial charge >= 0.3 is 0 Å². The summed E-state index contributed by atoms with van der Waals surface area (Å²) in [5.41, 5.74) is 0.992. The Morgan fingerprint density at radius 2 is 1.95 bits per heavy atom. The Kier molecular flexibility index (Phi) is 6.35. The SMILES string of the molecule is CCOc1cc(C)nc(NCC(CC)(CC)CCl)n1. The Balaban J connectivity index is 2.76. The summed E-state index contributed by atoms with van der Waals surface area (Å²) in [6.07, 6.45) is 2.06. The zero-order valence-electron chi connectivity index (χ0n) is 12.3. The minimum atomic E-state index is 0.0977. The van der Waals surface area contributed by atoms with Gasteiger partial charge in [-0.1, -0.05) is 13.8 Å². The van der Waals surface area contributed by atoms with E-state index in [1.54, 1.807) is 0 Å². The molecule has 1 heterocycles. The molecule has 1 aromatic heterocycles. The van der Waals surface area contributed by atoms with Crippen LogP contribution in [0.15, 0.2) is 6.07 Å². The number of aryl methyl sites for hydroxylation is 1. The van der Waals surface area contributed by atoms with Gasteiger partial charge in [-0.3, -0.25) is 0 Å². The molecule has 0 saturated heterocycles. The summed E-state index contributed by atoms with van der Waals surface area (Å²) in [6.45, 7) is 9.58. The van der Waals surface area contributed by atoms with Gasteiger partial charge in [0.2, 0.25) is 11.8 Å². The number of ether oxygens (including phenoxy) is 1. The van der Waals surface area contributed by atoms with E-state index in [0.29, 0.717) is 24.3 Å². The topological polar surface area (TPSA) is 47.0 Å². The number of hydrogen-bond donors (Lipinski definition) is 1. The van der Waals surface area contributed by atoms with Gasteiger partial charge in [-0.2, -0.15) is 4.98 Å². The van der Waals surface area contributed by atoms with Crippen LogP contribution >= 0.6 is 11.6 Å². The van der Waals surface area contributed by atoms with Crippen molar-refractivity contribution in [2.45, 2.75) is 40.5 Å². The normalized spacial score (nSPS) is 11.4. The highest BCUT2D eigenvalue weighted by Crippen LogP contribution is 2.28. The third-order valence-electron chi connectivity index (χ3n) is 3.53. The number of alkyl halides is 1. The van der Waals surface area contributed by atoms with E-state index in [-0.39, 0.29) is 5.41 Å². The summed E-state index contributed by atoms with van der Waals surface area (Å²) in [6, 6.07) is 1.84. The Labute approximate surface area is 120 Å². The molecule has 0 spiro atoms. The highest BCUT2D eigenvalue weighted by molar-refractivity contribution is 6.18. The molecule has 0 aliphatic rings. The van der Waals surface area contributed by atoms with E-state index < -0.39 is 0 Å². The lowest BCUT2D eigenvalue weighted by Crippen LogP contribution is -2.31. The standard InChI is InChI=1S/C14H24ClN3O/c1-5-14(6-2,9-15)10-16-13-17-11(4)8-12(18-13)19-7-3/h8H,5-7,9-10H2,1-4H3,(H,16,17,18). The van der Waals surface area contributed by atoms with Gasteiger partial charge in [-0.05, 0) is 26.7 Å². The van der Waals surface area contributed by atoms with Crippen molar-refractivity contribution < 1.29 is 4.74 Å². The first-order chi connectivity index (χ1) is 9.09. The summed E-state index contributed by atoms with van der Waals surface area (Å²) in [5, 5.41) is 3.29.